The van der Waals surface area contributed by atoms with E-state index in [1.165, 1.54) is 6.08 Å². The lowest BCUT2D eigenvalue weighted by Gasteiger charge is -2.04. The van der Waals surface area contributed by atoms with Crippen molar-refractivity contribution in [3.05, 3.63) is 76.1 Å². The number of ether oxygens (including phenoxy) is 1. The molecule has 0 aliphatic heterocycles. The molecule has 1 aromatic carbocycles. The third-order valence-electron chi connectivity index (χ3n) is 3.92. The Hall–Kier alpha value is -3.17. The van der Waals surface area contributed by atoms with Crippen LogP contribution in [0.25, 0.3) is 11.2 Å². The van der Waals surface area contributed by atoms with Gasteiger partial charge in [-0.2, -0.15) is 5.26 Å². The lowest BCUT2D eigenvalue weighted by molar-refractivity contribution is -0.138. The van der Waals surface area contributed by atoms with Crippen LogP contribution in [0.5, 0.6) is 0 Å². The van der Waals surface area contributed by atoms with Crippen LogP contribution < -0.4 is 0 Å². The molecule has 0 saturated carbocycles. The molecule has 0 radical (unpaired) electrons. The van der Waals surface area contributed by atoms with Gasteiger partial charge in [0.15, 0.2) is 5.13 Å². The zero-order chi connectivity index (χ0) is 18.5. The second kappa shape index (κ2) is 7.81. The van der Waals surface area contributed by atoms with E-state index in [9.17, 15) is 4.79 Å². The Morgan fingerprint density at radius 2 is 2.23 bits per heavy atom. The largest absolute Gasteiger partial charge is 0.458 e. The second-order valence-corrected chi connectivity index (χ2v) is 6.60. The highest BCUT2D eigenvalue weighted by Gasteiger charge is 2.11. The highest BCUT2D eigenvalue weighted by atomic mass is 32.1. The molecule has 3 aromatic rings. The molecule has 5 nitrogen and oxygen atoms in total. The fourth-order valence-electron chi connectivity index (χ4n) is 2.67. The fourth-order valence-corrected chi connectivity index (χ4v) is 3.42. The van der Waals surface area contributed by atoms with Crippen molar-refractivity contribution in [3.63, 3.8) is 0 Å². The number of aromatic nitrogens is 2. The Balaban J connectivity index is 1.67. The minimum Gasteiger partial charge on any atom is -0.458 e. The van der Waals surface area contributed by atoms with E-state index in [-0.39, 0.29) is 6.61 Å². The SMILES string of the molecule is Cc1cc(/C=C/C(=O)OCc2cccc(C#N)c2)c(C)n1-c1nccs1. The maximum absolute atomic E-state index is 12.0. The number of esters is 1. The molecular weight excluding hydrogens is 346 g/mol. The number of aryl methyl sites for hydroxylation is 1. The van der Waals surface area contributed by atoms with E-state index >= 15 is 0 Å². The maximum Gasteiger partial charge on any atom is 0.331 e. The van der Waals surface area contributed by atoms with Gasteiger partial charge in [-0.05, 0) is 49.2 Å². The topological polar surface area (TPSA) is 67.9 Å². The van der Waals surface area contributed by atoms with Crippen molar-refractivity contribution in [1.82, 2.24) is 9.55 Å². The summed E-state index contributed by atoms with van der Waals surface area (Å²) in [4.78, 5) is 16.3. The van der Waals surface area contributed by atoms with Gasteiger partial charge >= 0.3 is 5.97 Å². The number of thiazole rings is 1. The lowest BCUT2D eigenvalue weighted by Crippen LogP contribution is -2.01. The van der Waals surface area contributed by atoms with Crippen LogP contribution in [0.4, 0.5) is 0 Å². The van der Waals surface area contributed by atoms with Crippen molar-refractivity contribution in [2.24, 2.45) is 0 Å². The van der Waals surface area contributed by atoms with Gasteiger partial charge in [0.05, 0.1) is 11.6 Å². The smallest absolute Gasteiger partial charge is 0.331 e. The minimum absolute atomic E-state index is 0.136. The lowest BCUT2D eigenvalue weighted by atomic mass is 10.1. The summed E-state index contributed by atoms with van der Waals surface area (Å²) in [6.07, 6.45) is 4.94. The third-order valence-corrected chi connectivity index (χ3v) is 4.67. The zero-order valence-corrected chi connectivity index (χ0v) is 15.3. The van der Waals surface area contributed by atoms with Gasteiger partial charge in [-0.3, -0.25) is 4.57 Å². The van der Waals surface area contributed by atoms with Crippen molar-refractivity contribution >= 4 is 23.4 Å². The summed E-state index contributed by atoms with van der Waals surface area (Å²) in [5, 5.41) is 11.7. The minimum atomic E-state index is -0.425. The van der Waals surface area contributed by atoms with Gasteiger partial charge in [0.2, 0.25) is 0 Å². The van der Waals surface area contributed by atoms with Gasteiger partial charge in [0, 0.05) is 29.0 Å². The van der Waals surface area contributed by atoms with Gasteiger partial charge in [-0.1, -0.05) is 12.1 Å². The zero-order valence-electron chi connectivity index (χ0n) is 14.5. The van der Waals surface area contributed by atoms with Crippen LogP contribution in [0.2, 0.25) is 0 Å². The summed E-state index contributed by atoms with van der Waals surface area (Å²) < 4.78 is 7.30. The molecule has 0 aliphatic rings. The van der Waals surface area contributed by atoms with E-state index in [2.05, 4.69) is 15.6 Å². The molecule has 0 N–H and O–H groups in total. The number of benzene rings is 1. The Kier molecular flexibility index (Phi) is 5.30. The van der Waals surface area contributed by atoms with Crippen molar-refractivity contribution in [1.29, 1.82) is 5.26 Å². The summed E-state index contributed by atoms with van der Waals surface area (Å²) in [6, 6.07) is 11.1. The predicted octanol–water partition coefficient (Wildman–Crippen LogP) is 4.18. The van der Waals surface area contributed by atoms with Gasteiger partial charge < -0.3 is 4.74 Å². The summed E-state index contributed by atoms with van der Waals surface area (Å²) in [7, 11) is 0. The van der Waals surface area contributed by atoms with Crippen molar-refractivity contribution in [2.75, 3.05) is 0 Å². The molecule has 0 bridgehead atoms. The Bertz CT molecular complexity index is 995. The first-order valence-corrected chi connectivity index (χ1v) is 8.89. The maximum atomic E-state index is 12.0. The van der Waals surface area contributed by atoms with Gasteiger partial charge in [-0.25, -0.2) is 9.78 Å². The molecule has 0 atom stereocenters. The van der Waals surface area contributed by atoms with E-state index in [1.54, 1.807) is 41.8 Å². The van der Waals surface area contributed by atoms with Crippen molar-refractivity contribution < 1.29 is 9.53 Å². The molecule has 0 unspecified atom stereocenters. The first-order chi connectivity index (χ1) is 12.6. The average Bonchev–Trinajstić information content (AvgIpc) is 3.26. The van der Waals surface area contributed by atoms with Crippen LogP contribution in [0.1, 0.15) is 28.1 Å². The van der Waals surface area contributed by atoms with E-state index < -0.39 is 5.97 Å². The molecule has 0 aliphatic carbocycles. The number of carbonyl (C=O) groups excluding carboxylic acids is 1. The number of carbonyl (C=O) groups is 1. The number of nitriles is 1. The van der Waals surface area contributed by atoms with Crippen LogP contribution >= 0.6 is 11.3 Å². The predicted molar refractivity (Wildman–Crippen MR) is 101 cm³/mol. The highest BCUT2D eigenvalue weighted by molar-refractivity contribution is 7.12. The molecular formula is C20H17N3O2S. The van der Waals surface area contributed by atoms with Crippen molar-refractivity contribution in [3.8, 4) is 11.2 Å². The number of nitrogens with zero attached hydrogens (tertiary/aromatic N) is 3. The molecule has 26 heavy (non-hydrogen) atoms. The molecule has 130 valence electrons. The molecule has 0 saturated heterocycles. The quantitative estimate of drug-likeness (QED) is 0.504. The summed E-state index contributed by atoms with van der Waals surface area (Å²) in [5.41, 5.74) is 4.35. The standard InChI is InChI=1S/C20H17N3O2S/c1-14-10-18(15(2)23(14)20-22-8-9-26-20)6-7-19(24)25-13-17-5-3-4-16(11-17)12-21/h3-11H,13H2,1-2H3/b7-6+. The van der Waals surface area contributed by atoms with Crippen LogP contribution in [0.3, 0.4) is 0 Å². The van der Waals surface area contributed by atoms with E-state index in [4.69, 9.17) is 10.00 Å². The first-order valence-electron chi connectivity index (χ1n) is 8.01. The molecule has 0 fully saturated rings. The Morgan fingerprint density at radius 1 is 1.38 bits per heavy atom. The van der Waals surface area contributed by atoms with Crippen LogP contribution in [-0.2, 0) is 16.1 Å². The van der Waals surface area contributed by atoms with E-state index in [0.717, 1.165) is 27.6 Å². The monoisotopic (exact) mass is 363 g/mol. The van der Waals surface area contributed by atoms with E-state index in [1.807, 2.05) is 31.4 Å². The molecule has 2 aromatic heterocycles. The highest BCUT2D eigenvalue weighted by Crippen LogP contribution is 2.23. The van der Waals surface area contributed by atoms with Crippen LogP contribution in [0, 0.1) is 25.2 Å². The van der Waals surface area contributed by atoms with Crippen molar-refractivity contribution in [2.45, 2.75) is 20.5 Å². The Labute approximate surface area is 155 Å². The van der Waals surface area contributed by atoms with Crippen LogP contribution in [-0.4, -0.2) is 15.5 Å². The number of hydrogen-bond acceptors (Lipinski definition) is 5. The molecule has 0 spiro atoms. The normalized spacial score (nSPS) is 10.8. The van der Waals surface area contributed by atoms with Gasteiger partial charge in [-0.15, -0.1) is 11.3 Å². The molecule has 6 heteroatoms. The van der Waals surface area contributed by atoms with Gasteiger partial charge in [0.1, 0.15) is 6.61 Å². The summed E-state index contributed by atoms with van der Waals surface area (Å²) in [6.45, 7) is 4.13. The Morgan fingerprint density at radius 3 is 2.96 bits per heavy atom. The fraction of sp³-hybridized carbons (Fsp3) is 0.150. The number of rotatable bonds is 5. The van der Waals surface area contributed by atoms with Crippen LogP contribution in [0.15, 0.2) is 48.0 Å². The summed E-state index contributed by atoms with van der Waals surface area (Å²) in [5.74, 6) is -0.425. The molecule has 3 rings (SSSR count). The first kappa shape index (κ1) is 17.6. The molecule has 2 heterocycles. The second-order valence-electron chi connectivity index (χ2n) is 5.73. The summed E-state index contributed by atoms with van der Waals surface area (Å²) >= 11 is 1.56. The number of hydrogen-bond donors (Lipinski definition) is 0. The molecule has 0 amide bonds. The van der Waals surface area contributed by atoms with E-state index in [0.29, 0.717) is 5.56 Å². The average molecular weight is 363 g/mol. The van der Waals surface area contributed by atoms with Gasteiger partial charge in [0.25, 0.3) is 0 Å². The third kappa shape index (κ3) is 3.90.